The predicted molar refractivity (Wildman–Crippen MR) is 128 cm³/mol. The summed E-state index contributed by atoms with van der Waals surface area (Å²) in [4.78, 5) is 43.6. The highest BCUT2D eigenvalue weighted by atomic mass is 32.1. The van der Waals surface area contributed by atoms with Crippen LogP contribution in [0, 0.1) is 0 Å². The third-order valence-electron chi connectivity index (χ3n) is 5.95. The summed E-state index contributed by atoms with van der Waals surface area (Å²) in [7, 11) is 0. The SMILES string of the molecule is O=C(CNC(=O)c1ccco1)NC(c1cccs1)C(C(=O)NC1CCCCC1)c1ccncc1. The molecule has 0 radical (unpaired) electrons. The van der Waals surface area contributed by atoms with Gasteiger partial charge in [0.05, 0.1) is 24.8 Å². The second kappa shape index (κ2) is 11.6. The van der Waals surface area contributed by atoms with Crippen LogP contribution < -0.4 is 16.0 Å². The van der Waals surface area contributed by atoms with Crippen LogP contribution in [0.2, 0.25) is 0 Å². The number of hydrogen-bond donors (Lipinski definition) is 3. The van der Waals surface area contributed by atoms with Gasteiger partial charge in [-0.15, -0.1) is 11.3 Å². The van der Waals surface area contributed by atoms with Crippen LogP contribution in [0.25, 0.3) is 0 Å². The summed E-state index contributed by atoms with van der Waals surface area (Å²) in [6, 6.07) is 10.1. The molecule has 3 N–H and O–H groups in total. The lowest BCUT2D eigenvalue weighted by Crippen LogP contribution is -2.45. The molecule has 9 heteroatoms. The number of pyridine rings is 1. The van der Waals surface area contributed by atoms with Crippen molar-refractivity contribution in [3.05, 3.63) is 76.6 Å². The summed E-state index contributed by atoms with van der Waals surface area (Å²) in [6.07, 6.45) is 10.0. The van der Waals surface area contributed by atoms with E-state index >= 15 is 0 Å². The van der Waals surface area contributed by atoms with E-state index < -0.39 is 23.8 Å². The molecule has 0 bridgehead atoms. The summed E-state index contributed by atoms with van der Waals surface area (Å²) in [6.45, 7) is -0.241. The van der Waals surface area contributed by atoms with E-state index in [-0.39, 0.29) is 24.3 Å². The van der Waals surface area contributed by atoms with E-state index in [4.69, 9.17) is 4.42 Å². The van der Waals surface area contributed by atoms with Gasteiger partial charge in [0.25, 0.3) is 5.91 Å². The van der Waals surface area contributed by atoms with Gasteiger partial charge in [0.15, 0.2) is 5.76 Å². The fourth-order valence-corrected chi connectivity index (χ4v) is 5.08. The molecule has 3 amide bonds. The topological polar surface area (TPSA) is 113 Å². The quantitative estimate of drug-likeness (QED) is 0.433. The van der Waals surface area contributed by atoms with Gasteiger partial charge >= 0.3 is 0 Å². The van der Waals surface area contributed by atoms with E-state index in [1.165, 1.54) is 30.1 Å². The van der Waals surface area contributed by atoms with Crippen LogP contribution >= 0.6 is 11.3 Å². The number of hydrogen-bond acceptors (Lipinski definition) is 6. The van der Waals surface area contributed by atoms with Gasteiger partial charge in [-0.05, 0) is 54.1 Å². The Morgan fingerprint density at radius 2 is 1.85 bits per heavy atom. The third-order valence-corrected chi connectivity index (χ3v) is 6.91. The Balaban J connectivity index is 1.53. The molecule has 178 valence electrons. The minimum atomic E-state index is -0.645. The first-order chi connectivity index (χ1) is 16.6. The molecule has 4 rings (SSSR count). The standard InChI is InChI=1S/C25H28N4O4S/c30-21(16-27-24(31)19-8-4-14-33-19)29-23(20-9-5-15-34-20)22(17-10-12-26-13-11-17)25(32)28-18-6-2-1-3-7-18/h4-5,8-15,18,22-23H,1-3,6-7,16H2,(H,27,31)(H,28,32)(H,29,30). The Hall–Kier alpha value is -3.46. The monoisotopic (exact) mass is 480 g/mol. The van der Waals surface area contributed by atoms with E-state index in [1.54, 1.807) is 30.6 Å². The van der Waals surface area contributed by atoms with Crippen molar-refractivity contribution in [3.63, 3.8) is 0 Å². The summed E-state index contributed by atoms with van der Waals surface area (Å²) in [5.41, 5.74) is 0.765. The van der Waals surface area contributed by atoms with Crippen molar-refractivity contribution in [3.8, 4) is 0 Å². The number of aromatic nitrogens is 1. The molecule has 34 heavy (non-hydrogen) atoms. The molecule has 8 nitrogen and oxygen atoms in total. The largest absolute Gasteiger partial charge is 0.459 e. The molecule has 0 aromatic carbocycles. The van der Waals surface area contributed by atoms with Gasteiger partial charge in [-0.3, -0.25) is 19.4 Å². The number of thiophene rings is 1. The van der Waals surface area contributed by atoms with Crippen molar-refractivity contribution in [2.24, 2.45) is 0 Å². The van der Waals surface area contributed by atoms with Crippen LogP contribution in [0.4, 0.5) is 0 Å². The molecule has 3 heterocycles. The zero-order valence-electron chi connectivity index (χ0n) is 18.7. The molecule has 0 aliphatic heterocycles. The van der Waals surface area contributed by atoms with Crippen molar-refractivity contribution in [2.45, 2.75) is 50.1 Å². The van der Waals surface area contributed by atoms with Crippen LogP contribution in [0.5, 0.6) is 0 Å². The second-order valence-electron chi connectivity index (χ2n) is 8.32. The maximum absolute atomic E-state index is 13.6. The van der Waals surface area contributed by atoms with E-state index in [9.17, 15) is 14.4 Å². The Morgan fingerprint density at radius 1 is 1.06 bits per heavy atom. The first-order valence-corrected chi connectivity index (χ1v) is 12.3. The predicted octanol–water partition coefficient (Wildman–Crippen LogP) is 3.56. The zero-order chi connectivity index (χ0) is 23.8. The number of furan rings is 1. The van der Waals surface area contributed by atoms with Crippen LogP contribution in [0.1, 0.15) is 65.1 Å². The smallest absolute Gasteiger partial charge is 0.287 e. The Labute approximate surface area is 202 Å². The lowest BCUT2D eigenvalue weighted by atomic mass is 9.88. The minimum absolute atomic E-state index is 0.128. The maximum Gasteiger partial charge on any atom is 0.287 e. The molecule has 1 aliphatic rings. The van der Waals surface area contributed by atoms with E-state index in [0.29, 0.717) is 0 Å². The summed E-state index contributed by atoms with van der Waals surface area (Å²) >= 11 is 1.47. The average molecular weight is 481 g/mol. The first-order valence-electron chi connectivity index (χ1n) is 11.5. The number of amides is 3. The fourth-order valence-electron chi connectivity index (χ4n) is 4.27. The molecule has 1 saturated carbocycles. The van der Waals surface area contributed by atoms with Crippen LogP contribution in [-0.2, 0) is 9.59 Å². The summed E-state index contributed by atoms with van der Waals surface area (Å²) in [5.74, 6) is -1.52. The Kier molecular flexibility index (Phi) is 8.08. The molecule has 0 spiro atoms. The Bertz CT molecular complexity index is 1060. The van der Waals surface area contributed by atoms with Crippen molar-refractivity contribution in [1.82, 2.24) is 20.9 Å². The van der Waals surface area contributed by atoms with Gasteiger partial charge in [0.1, 0.15) is 0 Å². The van der Waals surface area contributed by atoms with Crippen molar-refractivity contribution in [2.75, 3.05) is 6.54 Å². The van der Waals surface area contributed by atoms with Crippen LogP contribution in [0.15, 0.2) is 64.9 Å². The molecular formula is C25H28N4O4S. The van der Waals surface area contributed by atoms with Crippen molar-refractivity contribution in [1.29, 1.82) is 0 Å². The lowest BCUT2D eigenvalue weighted by Gasteiger charge is -2.30. The lowest BCUT2D eigenvalue weighted by molar-refractivity contribution is -0.125. The maximum atomic E-state index is 13.6. The van der Waals surface area contributed by atoms with Gasteiger partial charge in [-0.1, -0.05) is 25.3 Å². The fraction of sp³-hybridized carbons (Fsp3) is 0.360. The van der Waals surface area contributed by atoms with E-state index in [1.807, 2.05) is 17.5 Å². The normalized spacial score (nSPS) is 15.8. The highest BCUT2D eigenvalue weighted by molar-refractivity contribution is 7.10. The molecule has 2 atom stereocenters. The number of nitrogens with zero attached hydrogens (tertiary/aromatic N) is 1. The van der Waals surface area contributed by atoms with E-state index in [2.05, 4.69) is 20.9 Å². The van der Waals surface area contributed by atoms with Gasteiger partial charge in [-0.25, -0.2) is 0 Å². The van der Waals surface area contributed by atoms with Gasteiger partial charge < -0.3 is 20.4 Å². The number of nitrogens with one attached hydrogen (secondary N) is 3. The van der Waals surface area contributed by atoms with Crippen LogP contribution in [0.3, 0.4) is 0 Å². The number of carbonyl (C=O) groups is 3. The second-order valence-corrected chi connectivity index (χ2v) is 9.30. The highest BCUT2D eigenvalue weighted by Gasteiger charge is 2.34. The minimum Gasteiger partial charge on any atom is -0.459 e. The Morgan fingerprint density at radius 3 is 2.53 bits per heavy atom. The van der Waals surface area contributed by atoms with Crippen molar-refractivity contribution >= 4 is 29.1 Å². The molecule has 3 aromatic rings. The molecular weight excluding hydrogens is 452 g/mol. The van der Waals surface area contributed by atoms with E-state index in [0.717, 1.165) is 36.1 Å². The summed E-state index contributed by atoms with van der Waals surface area (Å²) in [5, 5.41) is 10.7. The van der Waals surface area contributed by atoms with Crippen molar-refractivity contribution < 1.29 is 18.8 Å². The first kappa shape index (κ1) is 23.7. The highest BCUT2D eigenvalue weighted by Crippen LogP contribution is 2.34. The van der Waals surface area contributed by atoms with Gasteiger partial charge in [-0.2, -0.15) is 0 Å². The van der Waals surface area contributed by atoms with Gasteiger partial charge in [0.2, 0.25) is 11.8 Å². The molecule has 0 saturated heterocycles. The third kappa shape index (κ3) is 6.11. The average Bonchev–Trinajstić information content (AvgIpc) is 3.58. The molecule has 1 aliphatic carbocycles. The number of carbonyl (C=O) groups excluding carboxylic acids is 3. The molecule has 3 aromatic heterocycles. The molecule has 2 unspecified atom stereocenters. The summed E-state index contributed by atoms with van der Waals surface area (Å²) < 4.78 is 5.07. The van der Waals surface area contributed by atoms with Crippen LogP contribution in [-0.4, -0.2) is 35.3 Å². The van der Waals surface area contributed by atoms with Gasteiger partial charge in [0, 0.05) is 23.3 Å². The zero-order valence-corrected chi connectivity index (χ0v) is 19.6. The number of rotatable bonds is 9. The molecule has 1 fully saturated rings.